The summed E-state index contributed by atoms with van der Waals surface area (Å²) in [7, 11) is 0. The molecule has 0 unspecified atom stereocenters. The number of piperidine rings is 1. The van der Waals surface area contributed by atoms with Gasteiger partial charge in [0.15, 0.2) is 0 Å². The average Bonchev–Trinajstić information content (AvgIpc) is 2.53. The van der Waals surface area contributed by atoms with Gasteiger partial charge in [-0.2, -0.15) is 0 Å². The average molecular weight is 319 g/mol. The number of benzene rings is 1. The highest BCUT2D eigenvalue weighted by molar-refractivity contribution is 5.75. The minimum absolute atomic E-state index is 0.234. The molecule has 0 spiro atoms. The molecule has 1 saturated heterocycles. The lowest BCUT2D eigenvalue weighted by molar-refractivity contribution is -0.160. The molecule has 1 aliphatic rings. The van der Waals surface area contributed by atoms with Crippen LogP contribution in [0.15, 0.2) is 30.3 Å². The third kappa shape index (κ3) is 5.27. The molecule has 1 aromatic rings. The van der Waals surface area contributed by atoms with Crippen LogP contribution in [0.25, 0.3) is 0 Å². The van der Waals surface area contributed by atoms with Crippen LogP contribution in [0.1, 0.15) is 39.2 Å². The number of likely N-dealkylation sites (tertiary alicyclic amines) is 1. The zero-order valence-electron chi connectivity index (χ0n) is 14.1. The van der Waals surface area contributed by atoms with Crippen LogP contribution in [-0.4, -0.2) is 36.2 Å². The van der Waals surface area contributed by atoms with Gasteiger partial charge in [0, 0.05) is 6.54 Å². The molecule has 5 nitrogen and oxygen atoms in total. The summed E-state index contributed by atoms with van der Waals surface area (Å²) in [6.07, 6.45) is 0.984. The van der Waals surface area contributed by atoms with Crippen molar-refractivity contribution >= 4 is 12.1 Å². The number of hydrogen-bond acceptors (Lipinski definition) is 4. The van der Waals surface area contributed by atoms with E-state index in [2.05, 4.69) is 0 Å². The predicted molar refractivity (Wildman–Crippen MR) is 86.8 cm³/mol. The Morgan fingerprint density at radius 1 is 1.22 bits per heavy atom. The zero-order chi connectivity index (χ0) is 16.9. The van der Waals surface area contributed by atoms with E-state index in [9.17, 15) is 9.59 Å². The van der Waals surface area contributed by atoms with Crippen molar-refractivity contribution in [3.05, 3.63) is 35.9 Å². The monoisotopic (exact) mass is 319 g/mol. The molecule has 1 fully saturated rings. The number of carbonyl (C=O) groups excluding carboxylic acids is 2. The van der Waals surface area contributed by atoms with E-state index in [0.29, 0.717) is 13.1 Å². The lowest BCUT2D eigenvalue weighted by atomic mass is 9.97. The molecule has 1 aromatic carbocycles. The highest BCUT2D eigenvalue weighted by Gasteiger charge is 2.31. The van der Waals surface area contributed by atoms with Gasteiger partial charge in [0.2, 0.25) is 0 Å². The van der Waals surface area contributed by atoms with Gasteiger partial charge < -0.3 is 14.4 Å². The lowest BCUT2D eigenvalue weighted by Crippen LogP contribution is -2.45. The van der Waals surface area contributed by atoms with E-state index in [1.807, 2.05) is 51.1 Å². The molecule has 23 heavy (non-hydrogen) atoms. The maximum Gasteiger partial charge on any atom is 0.410 e. The van der Waals surface area contributed by atoms with Crippen LogP contribution in [0, 0.1) is 5.41 Å². The van der Waals surface area contributed by atoms with E-state index in [1.165, 1.54) is 0 Å². The second-order valence-corrected chi connectivity index (χ2v) is 6.91. The highest BCUT2D eigenvalue weighted by atomic mass is 16.6. The van der Waals surface area contributed by atoms with Gasteiger partial charge in [0.1, 0.15) is 12.7 Å². The van der Waals surface area contributed by atoms with Crippen molar-refractivity contribution in [1.82, 2.24) is 4.90 Å². The maximum absolute atomic E-state index is 12.2. The molecule has 0 N–H and O–H groups in total. The molecule has 2 rings (SSSR count). The number of rotatable bonds is 3. The second kappa shape index (κ2) is 7.49. The fourth-order valence-corrected chi connectivity index (χ4v) is 2.34. The Morgan fingerprint density at radius 3 is 2.57 bits per heavy atom. The molecule has 0 aromatic heterocycles. The maximum atomic E-state index is 12.2. The smallest absolute Gasteiger partial charge is 0.410 e. The van der Waals surface area contributed by atoms with Gasteiger partial charge in [-0.15, -0.1) is 0 Å². The van der Waals surface area contributed by atoms with E-state index in [-0.39, 0.29) is 24.8 Å². The number of ether oxygens (including phenoxy) is 2. The normalized spacial score (nSPS) is 18.4. The van der Waals surface area contributed by atoms with Crippen molar-refractivity contribution in [1.29, 1.82) is 0 Å². The van der Waals surface area contributed by atoms with Gasteiger partial charge in [0.05, 0.1) is 12.0 Å². The molecule has 1 heterocycles. The van der Waals surface area contributed by atoms with E-state index in [0.717, 1.165) is 18.4 Å². The van der Waals surface area contributed by atoms with E-state index in [4.69, 9.17) is 9.47 Å². The third-order valence-electron chi connectivity index (χ3n) is 3.73. The molecule has 0 bridgehead atoms. The van der Waals surface area contributed by atoms with Gasteiger partial charge >= 0.3 is 12.1 Å². The predicted octanol–water partition coefficient (Wildman–Crippen LogP) is 3.38. The molecular formula is C18H25NO4. The fourth-order valence-electron chi connectivity index (χ4n) is 2.34. The Bertz CT molecular complexity index is 536. The summed E-state index contributed by atoms with van der Waals surface area (Å²) in [6, 6.07) is 9.57. The summed E-state index contributed by atoms with van der Waals surface area (Å²) < 4.78 is 10.8. The fraction of sp³-hybridized carbons (Fsp3) is 0.556. The van der Waals surface area contributed by atoms with Gasteiger partial charge in [-0.25, -0.2) is 4.79 Å². The standard InChI is InChI=1S/C18H25NO4/c1-18(2,3)16(20)23-15-10-7-11-19(12-15)17(21)22-13-14-8-5-4-6-9-14/h4-6,8-9,15H,7,10-13H2,1-3H3/t15-/m0/s1. The van der Waals surface area contributed by atoms with Crippen LogP contribution in [-0.2, 0) is 20.9 Å². The first kappa shape index (κ1) is 17.3. The summed E-state index contributed by atoms with van der Waals surface area (Å²) >= 11 is 0. The van der Waals surface area contributed by atoms with Gasteiger partial charge in [-0.3, -0.25) is 4.79 Å². The Hall–Kier alpha value is -2.04. The highest BCUT2D eigenvalue weighted by Crippen LogP contribution is 2.21. The number of amides is 1. The zero-order valence-corrected chi connectivity index (χ0v) is 14.1. The van der Waals surface area contributed by atoms with E-state index >= 15 is 0 Å². The number of hydrogen-bond donors (Lipinski definition) is 0. The van der Waals surface area contributed by atoms with E-state index in [1.54, 1.807) is 4.90 Å². The van der Waals surface area contributed by atoms with Crippen molar-refractivity contribution in [2.24, 2.45) is 5.41 Å². The van der Waals surface area contributed by atoms with Crippen LogP contribution in [0.3, 0.4) is 0 Å². The number of carbonyl (C=O) groups is 2. The van der Waals surface area contributed by atoms with Gasteiger partial charge in [-0.05, 0) is 39.2 Å². The van der Waals surface area contributed by atoms with Crippen molar-refractivity contribution in [2.75, 3.05) is 13.1 Å². The van der Waals surface area contributed by atoms with Crippen LogP contribution in [0.4, 0.5) is 4.79 Å². The first-order chi connectivity index (χ1) is 10.9. The summed E-state index contributed by atoms with van der Waals surface area (Å²) in [5, 5.41) is 0. The Labute approximate surface area is 137 Å². The molecule has 0 radical (unpaired) electrons. The minimum atomic E-state index is -0.532. The van der Waals surface area contributed by atoms with Gasteiger partial charge in [-0.1, -0.05) is 30.3 Å². The molecule has 126 valence electrons. The Kier molecular flexibility index (Phi) is 5.64. The minimum Gasteiger partial charge on any atom is -0.460 e. The lowest BCUT2D eigenvalue weighted by Gasteiger charge is -2.33. The van der Waals surface area contributed by atoms with Crippen LogP contribution in [0.5, 0.6) is 0 Å². The van der Waals surface area contributed by atoms with Crippen LogP contribution in [0.2, 0.25) is 0 Å². The van der Waals surface area contributed by atoms with Crippen molar-refractivity contribution in [2.45, 2.75) is 46.3 Å². The van der Waals surface area contributed by atoms with Crippen molar-refractivity contribution < 1.29 is 19.1 Å². The summed E-state index contributed by atoms with van der Waals surface area (Å²) in [5.74, 6) is -0.234. The first-order valence-corrected chi connectivity index (χ1v) is 8.03. The van der Waals surface area contributed by atoms with Crippen molar-refractivity contribution in [3.63, 3.8) is 0 Å². The van der Waals surface area contributed by atoms with Gasteiger partial charge in [0.25, 0.3) is 0 Å². The topological polar surface area (TPSA) is 55.8 Å². The quantitative estimate of drug-likeness (QED) is 0.802. The Morgan fingerprint density at radius 2 is 1.91 bits per heavy atom. The number of nitrogens with zero attached hydrogens (tertiary/aromatic N) is 1. The molecule has 1 amide bonds. The molecule has 1 atom stereocenters. The largest absolute Gasteiger partial charge is 0.460 e. The van der Waals surface area contributed by atoms with Crippen LogP contribution < -0.4 is 0 Å². The SMILES string of the molecule is CC(C)(C)C(=O)O[C@H]1CCCN(C(=O)OCc2ccccc2)C1. The molecule has 1 aliphatic heterocycles. The van der Waals surface area contributed by atoms with Crippen LogP contribution >= 0.6 is 0 Å². The summed E-state index contributed by atoms with van der Waals surface area (Å²) in [6.45, 7) is 6.76. The summed E-state index contributed by atoms with van der Waals surface area (Å²) in [4.78, 5) is 25.7. The Balaban J connectivity index is 1.83. The molecule has 5 heteroatoms. The molecule has 0 saturated carbocycles. The van der Waals surface area contributed by atoms with Crippen molar-refractivity contribution in [3.8, 4) is 0 Å². The molecule has 0 aliphatic carbocycles. The first-order valence-electron chi connectivity index (χ1n) is 8.03. The van der Waals surface area contributed by atoms with E-state index < -0.39 is 5.41 Å². The molecular weight excluding hydrogens is 294 g/mol. The number of esters is 1. The summed E-state index contributed by atoms with van der Waals surface area (Å²) in [5.41, 5.74) is 0.421. The third-order valence-corrected chi connectivity index (χ3v) is 3.73. The second-order valence-electron chi connectivity index (χ2n) is 6.91.